The second kappa shape index (κ2) is 7.44. The summed E-state index contributed by atoms with van der Waals surface area (Å²) in [5.41, 5.74) is 2.02. The van der Waals surface area contributed by atoms with Crippen molar-refractivity contribution in [1.82, 2.24) is 14.8 Å². The van der Waals surface area contributed by atoms with Crippen LogP contribution in [0.25, 0.3) is 0 Å². The topological polar surface area (TPSA) is 58.1 Å². The Balaban J connectivity index is 1.47. The van der Waals surface area contributed by atoms with E-state index < -0.39 is 0 Å². The number of piperazine rings is 1. The highest BCUT2D eigenvalue weighted by molar-refractivity contribution is 5.84. The molecule has 7 heteroatoms. The molecule has 142 valence electrons. The van der Waals surface area contributed by atoms with E-state index in [2.05, 4.69) is 16.0 Å². The maximum atomic E-state index is 13.3. The van der Waals surface area contributed by atoms with Crippen molar-refractivity contribution >= 4 is 11.6 Å². The third-order valence-corrected chi connectivity index (χ3v) is 5.07. The number of amides is 1. The average molecular weight is 368 g/mol. The fourth-order valence-electron chi connectivity index (χ4n) is 3.64. The van der Waals surface area contributed by atoms with Crippen molar-refractivity contribution < 1.29 is 14.3 Å². The first-order valence-electron chi connectivity index (χ1n) is 9.13. The van der Waals surface area contributed by atoms with Crippen LogP contribution >= 0.6 is 0 Å². The summed E-state index contributed by atoms with van der Waals surface area (Å²) in [6.45, 7) is 3.23. The summed E-state index contributed by atoms with van der Waals surface area (Å²) in [6, 6.07) is 9.39. The number of fused-ring (bicyclic) bond motifs is 1. The number of hydrogen-bond acceptors (Lipinski definition) is 6. The molecule has 1 amide bonds. The largest absolute Gasteiger partial charge is 0.454 e. The van der Waals surface area contributed by atoms with Crippen LogP contribution in [0.1, 0.15) is 11.6 Å². The van der Waals surface area contributed by atoms with E-state index in [4.69, 9.17) is 9.47 Å². The van der Waals surface area contributed by atoms with Crippen LogP contribution in [0, 0.1) is 0 Å². The standard InChI is InChI=1S/C20H24N4O3/c1-22(2)19(15-5-6-17-18(12-15)27-14-26-17)20(25)24-10-8-23(9-11-24)16-4-3-7-21-13-16/h3-7,12-13,19H,8-11,14H2,1-2H3/t19-/m0/s1. The summed E-state index contributed by atoms with van der Waals surface area (Å²) in [5, 5.41) is 0. The van der Waals surface area contributed by atoms with Gasteiger partial charge in [-0.15, -0.1) is 0 Å². The van der Waals surface area contributed by atoms with Gasteiger partial charge in [0.2, 0.25) is 12.7 Å². The van der Waals surface area contributed by atoms with Gasteiger partial charge >= 0.3 is 0 Å². The van der Waals surface area contributed by atoms with E-state index in [9.17, 15) is 4.79 Å². The molecule has 27 heavy (non-hydrogen) atoms. The van der Waals surface area contributed by atoms with E-state index in [1.165, 1.54) is 0 Å². The number of benzene rings is 1. The van der Waals surface area contributed by atoms with Gasteiger partial charge in [-0.05, 0) is 43.9 Å². The fourth-order valence-corrected chi connectivity index (χ4v) is 3.64. The van der Waals surface area contributed by atoms with Crippen LogP contribution in [0.15, 0.2) is 42.7 Å². The Kier molecular flexibility index (Phi) is 4.85. The van der Waals surface area contributed by atoms with Gasteiger partial charge in [0.25, 0.3) is 0 Å². The van der Waals surface area contributed by atoms with Crippen molar-refractivity contribution in [2.45, 2.75) is 6.04 Å². The number of nitrogens with zero attached hydrogens (tertiary/aromatic N) is 4. The Bertz CT molecular complexity index is 804. The number of carbonyl (C=O) groups excluding carboxylic acids is 1. The number of hydrogen-bond donors (Lipinski definition) is 0. The lowest BCUT2D eigenvalue weighted by molar-refractivity contribution is -0.136. The zero-order chi connectivity index (χ0) is 18.8. The molecule has 2 aromatic rings. The molecule has 1 fully saturated rings. The minimum Gasteiger partial charge on any atom is -0.454 e. The van der Waals surface area contributed by atoms with Gasteiger partial charge in [0.1, 0.15) is 6.04 Å². The first kappa shape index (κ1) is 17.6. The first-order valence-corrected chi connectivity index (χ1v) is 9.13. The highest BCUT2D eigenvalue weighted by atomic mass is 16.7. The summed E-state index contributed by atoms with van der Waals surface area (Å²) >= 11 is 0. The number of ether oxygens (including phenoxy) is 2. The second-order valence-corrected chi connectivity index (χ2v) is 7.00. The molecule has 0 N–H and O–H groups in total. The molecule has 1 atom stereocenters. The van der Waals surface area contributed by atoms with Gasteiger partial charge in [0, 0.05) is 32.4 Å². The third-order valence-electron chi connectivity index (χ3n) is 5.07. The molecule has 2 aliphatic rings. The van der Waals surface area contributed by atoms with Crippen LogP contribution in [0.5, 0.6) is 11.5 Å². The van der Waals surface area contributed by atoms with Crippen molar-refractivity contribution in [2.75, 3.05) is 52.0 Å². The lowest BCUT2D eigenvalue weighted by Crippen LogP contribution is -2.51. The molecule has 0 bridgehead atoms. The van der Waals surface area contributed by atoms with Crippen molar-refractivity contribution in [3.63, 3.8) is 0 Å². The highest BCUT2D eigenvalue weighted by Crippen LogP contribution is 2.35. The maximum Gasteiger partial charge on any atom is 0.244 e. The third kappa shape index (κ3) is 3.55. The van der Waals surface area contributed by atoms with Crippen molar-refractivity contribution in [1.29, 1.82) is 0 Å². The highest BCUT2D eigenvalue weighted by Gasteiger charge is 2.31. The Morgan fingerprint density at radius 1 is 1.11 bits per heavy atom. The van der Waals surface area contributed by atoms with Crippen molar-refractivity contribution in [3.05, 3.63) is 48.3 Å². The number of aromatic nitrogens is 1. The van der Waals surface area contributed by atoms with E-state index in [1.807, 2.05) is 54.4 Å². The predicted molar refractivity (Wildman–Crippen MR) is 102 cm³/mol. The lowest BCUT2D eigenvalue weighted by Gasteiger charge is -2.38. The molecule has 1 aromatic carbocycles. The van der Waals surface area contributed by atoms with Gasteiger partial charge in [-0.25, -0.2) is 0 Å². The van der Waals surface area contributed by atoms with Crippen LogP contribution in [-0.2, 0) is 4.79 Å². The van der Waals surface area contributed by atoms with Crippen LogP contribution in [0.4, 0.5) is 5.69 Å². The Morgan fingerprint density at radius 3 is 2.59 bits per heavy atom. The molecule has 0 spiro atoms. The molecule has 1 saturated heterocycles. The van der Waals surface area contributed by atoms with Gasteiger partial charge < -0.3 is 19.3 Å². The van der Waals surface area contributed by atoms with Crippen molar-refractivity contribution in [3.8, 4) is 11.5 Å². The minimum absolute atomic E-state index is 0.115. The molecule has 4 rings (SSSR count). The molecule has 0 radical (unpaired) electrons. The lowest BCUT2D eigenvalue weighted by atomic mass is 10.0. The van der Waals surface area contributed by atoms with Crippen LogP contribution in [-0.4, -0.2) is 67.8 Å². The van der Waals surface area contributed by atoms with E-state index in [0.717, 1.165) is 30.1 Å². The molecular weight excluding hydrogens is 344 g/mol. The smallest absolute Gasteiger partial charge is 0.244 e. The van der Waals surface area contributed by atoms with Gasteiger partial charge in [-0.1, -0.05) is 6.07 Å². The summed E-state index contributed by atoms with van der Waals surface area (Å²) < 4.78 is 10.9. The molecule has 0 saturated carbocycles. The van der Waals surface area contributed by atoms with Gasteiger partial charge in [0.05, 0.1) is 11.9 Å². The molecule has 0 unspecified atom stereocenters. The molecule has 3 heterocycles. The van der Waals surface area contributed by atoms with E-state index in [0.29, 0.717) is 18.8 Å². The van der Waals surface area contributed by atoms with Gasteiger partial charge in [-0.2, -0.15) is 0 Å². The second-order valence-electron chi connectivity index (χ2n) is 7.00. The van der Waals surface area contributed by atoms with E-state index in [1.54, 1.807) is 6.20 Å². The Labute approximate surface area is 159 Å². The van der Waals surface area contributed by atoms with E-state index >= 15 is 0 Å². The minimum atomic E-state index is -0.343. The van der Waals surface area contributed by atoms with Crippen LogP contribution in [0.2, 0.25) is 0 Å². The molecular formula is C20H24N4O3. The average Bonchev–Trinajstić information content (AvgIpc) is 3.16. The van der Waals surface area contributed by atoms with Gasteiger partial charge in [0.15, 0.2) is 11.5 Å². The normalized spacial score (nSPS) is 17.3. The summed E-state index contributed by atoms with van der Waals surface area (Å²) in [6.07, 6.45) is 3.64. The number of rotatable bonds is 4. The predicted octanol–water partition coefficient (Wildman–Crippen LogP) is 1.76. The zero-order valence-electron chi connectivity index (χ0n) is 15.7. The summed E-state index contributed by atoms with van der Waals surface area (Å²) in [7, 11) is 3.86. The van der Waals surface area contributed by atoms with Gasteiger partial charge in [-0.3, -0.25) is 14.7 Å². The maximum absolute atomic E-state index is 13.3. The number of likely N-dealkylation sites (N-methyl/N-ethyl adjacent to an activating group) is 1. The van der Waals surface area contributed by atoms with Crippen molar-refractivity contribution in [2.24, 2.45) is 0 Å². The molecule has 0 aliphatic carbocycles. The molecule has 1 aromatic heterocycles. The molecule has 7 nitrogen and oxygen atoms in total. The zero-order valence-corrected chi connectivity index (χ0v) is 15.7. The summed E-state index contributed by atoms with van der Waals surface area (Å²) in [4.78, 5) is 23.6. The number of carbonyl (C=O) groups is 1. The monoisotopic (exact) mass is 368 g/mol. The van der Waals surface area contributed by atoms with Crippen LogP contribution < -0.4 is 14.4 Å². The number of anilines is 1. The SMILES string of the molecule is CN(C)[C@H](C(=O)N1CCN(c2cccnc2)CC1)c1ccc2c(c1)OCO2. The summed E-state index contributed by atoms with van der Waals surface area (Å²) in [5.74, 6) is 1.55. The molecule has 2 aliphatic heterocycles. The Hall–Kier alpha value is -2.80. The van der Waals surface area contributed by atoms with Crippen LogP contribution in [0.3, 0.4) is 0 Å². The number of pyridine rings is 1. The first-order chi connectivity index (χ1) is 13.1. The van der Waals surface area contributed by atoms with E-state index in [-0.39, 0.29) is 18.7 Å². The quantitative estimate of drug-likeness (QED) is 0.820. The fraction of sp³-hybridized carbons (Fsp3) is 0.400. The Morgan fingerprint density at radius 2 is 1.89 bits per heavy atom.